The number of benzene rings is 1. The molecule has 0 fully saturated rings. The number of nitrogens with zero attached hydrogens (tertiary/aromatic N) is 1. The number of methoxy groups -OCH3 is 1. The van der Waals surface area contributed by atoms with Gasteiger partial charge in [0.05, 0.1) is 4.92 Å². The molecule has 0 N–H and O–H groups in total. The van der Waals surface area contributed by atoms with Gasteiger partial charge in [0.2, 0.25) is 5.75 Å². The first kappa shape index (κ1) is 10.9. The van der Waals surface area contributed by atoms with Crippen molar-refractivity contribution in [1.82, 2.24) is 0 Å². The molecule has 5 nitrogen and oxygen atoms in total. The maximum atomic E-state index is 10.6. The molecule has 0 bridgehead atoms. The van der Waals surface area contributed by atoms with Crippen molar-refractivity contribution < 1.29 is 14.4 Å². The van der Waals surface area contributed by atoms with E-state index >= 15 is 0 Å². The molecule has 0 heterocycles. The van der Waals surface area contributed by atoms with Crippen molar-refractivity contribution in [2.45, 2.75) is 0 Å². The van der Waals surface area contributed by atoms with E-state index in [1.54, 1.807) is 6.07 Å². The van der Waals surface area contributed by atoms with Crippen molar-refractivity contribution in [3.05, 3.63) is 32.8 Å². The predicted octanol–water partition coefficient (Wildman–Crippen LogP) is 2.34. The minimum atomic E-state index is -0.503. The fourth-order valence-corrected chi connectivity index (χ4v) is 1.22. The van der Waals surface area contributed by atoms with Crippen LogP contribution in [0.4, 0.5) is 5.69 Å². The summed E-state index contributed by atoms with van der Waals surface area (Å²) < 4.78 is 10.4. The van der Waals surface area contributed by atoms with Gasteiger partial charge in [0.25, 0.3) is 0 Å². The molecule has 1 aromatic rings. The van der Waals surface area contributed by atoms with Gasteiger partial charge in [0.1, 0.15) is 0 Å². The van der Waals surface area contributed by atoms with Gasteiger partial charge in [-0.2, -0.15) is 0 Å². The summed E-state index contributed by atoms with van der Waals surface area (Å²) in [7, 11) is 1.45. The molecule has 0 saturated heterocycles. The van der Waals surface area contributed by atoms with Crippen LogP contribution in [0, 0.1) is 10.1 Å². The van der Waals surface area contributed by atoms with Crippen molar-refractivity contribution >= 4 is 21.6 Å². The molecule has 0 unspecified atom stereocenters. The van der Waals surface area contributed by atoms with Gasteiger partial charge < -0.3 is 9.47 Å². The molecule has 0 radical (unpaired) electrons. The summed E-state index contributed by atoms with van der Waals surface area (Å²) in [5.41, 5.74) is -0.0785. The fourth-order valence-electron chi connectivity index (χ4n) is 0.877. The first-order valence-electron chi connectivity index (χ1n) is 3.71. The normalized spacial score (nSPS) is 9.86. The highest BCUT2D eigenvalue weighted by molar-refractivity contribution is 9.10. The van der Waals surface area contributed by atoms with Crippen molar-refractivity contribution in [3.8, 4) is 5.75 Å². The van der Waals surface area contributed by atoms with Gasteiger partial charge in [-0.1, -0.05) is 15.9 Å². The molecule has 0 aromatic heterocycles. The lowest BCUT2D eigenvalue weighted by atomic mass is 10.3. The second kappa shape index (κ2) is 4.92. The van der Waals surface area contributed by atoms with Crippen molar-refractivity contribution in [3.63, 3.8) is 0 Å². The quantitative estimate of drug-likeness (QED) is 0.474. The van der Waals surface area contributed by atoms with Crippen LogP contribution < -0.4 is 4.74 Å². The van der Waals surface area contributed by atoms with Crippen LogP contribution in [0.1, 0.15) is 0 Å². The average Bonchev–Trinajstić information content (AvgIpc) is 2.14. The van der Waals surface area contributed by atoms with Crippen molar-refractivity contribution in [2.24, 2.45) is 0 Å². The van der Waals surface area contributed by atoms with E-state index in [1.807, 2.05) is 0 Å². The maximum absolute atomic E-state index is 10.6. The van der Waals surface area contributed by atoms with Gasteiger partial charge in [0, 0.05) is 23.7 Å². The molecular formula is C8H8BrNO4. The van der Waals surface area contributed by atoms with E-state index in [0.717, 1.165) is 0 Å². The number of ether oxygens (including phenoxy) is 2. The molecule has 0 saturated carbocycles. The van der Waals surface area contributed by atoms with E-state index < -0.39 is 4.92 Å². The Morgan fingerprint density at radius 1 is 1.57 bits per heavy atom. The number of hydrogen-bond donors (Lipinski definition) is 0. The Labute approximate surface area is 88.9 Å². The molecule has 0 aliphatic heterocycles. The van der Waals surface area contributed by atoms with Crippen LogP contribution in [0.25, 0.3) is 0 Å². The average molecular weight is 262 g/mol. The first-order valence-corrected chi connectivity index (χ1v) is 4.50. The van der Waals surface area contributed by atoms with E-state index in [2.05, 4.69) is 20.7 Å². The van der Waals surface area contributed by atoms with Crippen LogP contribution in [-0.2, 0) is 4.74 Å². The molecule has 76 valence electrons. The number of rotatable bonds is 4. The molecule has 14 heavy (non-hydrogen) atoms. The molecule has 0 aliphatic carbocycles. The van der Waals surface area contributed by atoms with E-state index in [0.29, 0.717) is 4.47 Å². The van der Waals surface area contributed by atoms with Crippen LogP contribution in [0.2, 0.25) is 0 Å². The van der Waals surface area contributed by atoms with Gasteiger partial charge in [-0.25, -0.2) is 0 Å². The van der Waals surface area contributed by atoms with E-state index in [9.17, 15) is 10.1 Å². The summed E-state index contributed by atoms with van der Waals surface area (Å²) in [6, 6.07) is 4.48. The third kappa shape index (κ3) is 2.68. The van der Waals surface area contributed by atoms with Crippen LogP contribution in [-0.4, -0.2) is 18.8 Å². The molecular weight excluding hydrogens is 254 g/mol. The molecule has 6 heteroatoms. The second-order valence-electron chi connectivity index (χ2n) is 2.42. The highest BCUT2D eigenvalue weighted by Crippen LogP contribution is 2.29. The summed E-state index contributed by atoms with van der Waals surface area (Å²) in [4.78, 5) is 10.1. The SMILES string of the molecule is COCOc1cc(Br)ccc1[N+](=O)[O-]. The van der Waals surface area contributed by atoms with Gasteiger partial charge in [-0.05, 0) is 6.07 Å². The predicted molar refractivity (Wildman–Crippen MR) is 53.3 cm³/mol. The lowest BCUT2D eigenvalue weighted by Gasteiger charge is -2.05. The third-order valence-corrected chi connectivity index (χ3v) is 1.94. The first-order chi connectivity index (χ1) is 6.65. The highest BCUT2D eigenvalue weighted by atomic mass is 79.9. The Morgan fingerprint density at radius 3 is 2.86 bits per heavy atom. The van der Waals surface area contributed by atoms with Gasteiger partial charge in [-0.15, -0.1) is 0 Å². The lowest BCUT2D eigenvalue weighted by molar-refractivity contribution is -0.386. The van der Waals surface area contributed by atoms with Gasteiger partial charge in [0.15, 0.2) is 6.79 Å². The lowest BCUT2D eigenvalue weighted by Crippen LogP contribution is -2.01. The second-order valence-corrected chi connectivity index (χ2v) is 3.34. The van der Waals surface area contributed by atoms with E-state index in [1.165, 1.54) is 19.2 Å². The molecule has 1 rings (SSSR count). The number of halogens is 1. The third-order valence-electron chi connectivity index (χ3n) is 1.45. The fraction of sp³-hybridized carbons (Fsp3) is 0.250. The van der Waals surface area contributed by atoms with E-state index in [-0.39, 0.29) is 18.2 Å². The Hall–Kier alpha value is -1.14. The zero-order valence-corrected chi connectivity index (χ0v) is 8.98. The topological polar surface area (TPSA) is 61.6 Å². The standard InChI is InChI=1S/C8H8BrNO4/c1-13-5-14-8-4-6(9)2-3-7(8)10(11)12/h2-4H,5H2,1H3. The molecule has 0 aliphatic rings. The largest absolute Gasteiger partial charge is 0.460 e. The van der Waals surface area contributed by atoms with Crippen molar-refractivity contribution in [2.75, 3.05) is 13.9 Å². The monoisotopic (exact) mass is 261 g/mol. The van der Waals surface area contributed by atoms with Crippen LogP contribution in [0.3, 0.4) is 0 Å². The Balaban J connectivity index is 2.97. The van der Waals surface area contributed by atoms with Crippen LogP contribution in [0.15, 0.2) is 22.7 Å². The highest BCUT2D eigenvalue weighted by Gasteiger charge is 2.14. The van der Waals surface area contributed by atoms with Gasteiger partial charge in [-0.3, -0.25) is 10.1 Å². The van der Waals surface area contributed by atoms with Crippen LogP contribution in [0.5, 0.6) is 5.75 Å². The summed E-state index contributed by atoms with van der Waals surface area (Å²) in [5.74, 6) is 0.186. The minimum absolute atomic E-state index is 0.0166. The number of nitro groups is 1. The molecule has 1 aromatic carbocycles. The summed E-state index contributed by atoms with van der Waals surface area (Å²) in [5, 5.41) is 10.6. The summed E-state index contributed by atoms with van der Waals surface area (Å²) in [6.07, 6.45) is 0. The van der Waals surface area contributed by atoms with E-state index in [4.69, 9.17) is 4.74 Å². The molecule has 0 atom stereocenters. The Bertz CT molecular complexity index is 342. The van der Waals surface area contributed by atoms with Gasteiger partial charge >= 0.3 is 5.69 Å². The number of hydrogen-bond acceptors (Lipinski definition) is 4. The minimum Gasteiger partial charge on any atom is -0.460 e. The Morgan fingerprint density at radius 2 is 2.29 bits per heavy atom. The van der Waals surface area contributed by atoms with Crippen molar-refractivity contribution in [1.29, 1.82) is 0 Å². The molecule has 0 amide bonds. The summed E-state index contributed by atoms with van der Waals surface area (Å²) in [6.45, 7) is -0.0166. The Kier molecular flexibility index (Phi) is 3.84. The molecule has 0 spiro atoms. The van der Waals surface area contributed by atoms with Crippen LogP contribution >= 0.6 is 15.9 Å². The summed E-state index contributed by atoms with van der Waals surface area (Å²) >= 11 is 3.19. The smallest absolute Gasteiger partial charge is 0.311 e. The zero-order chi connectivity index (χ0) is 10.6. The number of nitro benzene ring substituents is 1. The zero-order valence-electron chi connectivity index (χ0n) is 7.40. The maximum Gasteiger partial charge on any atom is 0.311 e.